The lowest BCUT2D eigenvalue weighted by atomic mass is 9.86. The molecule has 2 unspecified atom stereocenters. The minimum Gasteiger partial charge on any atom is -0.371 e. The summed E-state index contributed by atoms with van der Waals surface area (Å²) in [7, 11) is 0. The lowest BCUT2D eigenvalue weighted by Crippen LogP contribution is -2.40. The Morgan fingerprint density at radius 1 is 0.886 bits per heavy atom. The fourth-order valence-electron chi connectivity index (χ4n) is 7.17. The van der Waals surface area contributed by atoms with Crippen molar-refractivity contribution in [1.82, 2.24) is 9.80 Å². The lowest BCUT2D eigenvalue weighted by molar-refractivity contribution is -0.137. The first-order chi connectivity index (χ1) is 16.8. The molecule has 1 aromatic carbocycles. The highest BCUT2D eigenvalue weighted by molar-refractivity contribution is 5.58. The van der Waals surface area contributed by atoms with Crippen molar-refractivity contribution in [2.45, 2.75) is 83.4 Å². The van der Waals surface area contributed by atoms with Crippen LogP contribution in [0.1, 0.15) is 82.3 Å². The van der Waals surface area contributed by atoms with Crippen molar-refractivity contribution in [3.63, 3.8) is 0 Å². The zero-order valence-corrected chi connectivity index (χ0v) is 21.7. The second-order valence-electron chi connectivity index (χ2n) is 11.9. The number of rotatable bonds is 8. The van der Waals surface area contributed by atoms with Crippen LogP contribution in [0.3, 0.4) is 0 Å². The number of hydrogen-bond donors (Lipinski definition) is 0. The summed E-state index contributed by atoms with van der Waals surface area (Å²) in [5, 5.41) is 0. The fourth-order valence-corrected chi connectivity index (χ4v) is 7.17. The monoisotopic (exact) mass is 491 g/mol. The number of benzene rings is 1. The molecule has 3 heterocycles. The first kappa shape index (κ1) is 25.4. The van der Waals surface area contributed by atoms with E-state index in [2.05, 4.69) is 28.5 Å². The Morgan fingerprint density at radius 3 is 2.20 bits per heavy atom. The van der Waals surface area contributed by atoms with E-state index < -0.39 is 11.7 Å². The van der Waals surface area contributed by atoms with Crippen LogP contribution in [-0.4, -0.2) is 61.7 Å². The van der Waals surface area contributed by atoms with Crippen LogP contribution in [0.5, 0.6) is 0 Å². The minimum atomic E-state index is -4.28. The van der Waals surface area contributed by atoms with Gasteiger partial charge in [-0.3, -0.25) is 4.90 Å². The van der Waals surface area contributed by atoms with Crippen LogP contribution in [-0.2, 0) is 6.18 Å². The van der Waals surface area contributed by atoms with E-state index in [1.54, 1.807) is 6.07 Å². The van der Waals surface area contributed by atoms with Crippen molar-refractivity contribution in [3.8, 4) is 0 Å². The summed E-state index contributed by atoms with van der Waals surface area (Å²) in [6.07, 6.45) is 5.34. The van der Waals surface area contributed by atoms with Crippen LogP contribution >= 0.6 is 0 Å². The molecule has 0 bridgehead atoms. The molecule has 0 amide bonds. The van der Waals surface area contributed by atoms with Crippen LogP contribution in [0.4, 0.5) is 18.9 Å². The van der Waals surface area contributed by atoms with E-state index in [9.17, 15) is 13.2 Å². The molecule has 35 heavy (non-hydrogen) atoms. The van der Waals surface area contributed by atoms with E-state index in [0.717, 1.165) is 81.0 Å². The zero-order valence-electron chi connectivity index (χ0n) is 21.7. The Labute approximate surface area is 210 Å². The summed E-state index contributed by atoms with van der Waals surface area (Å²) in [5.41, 5.74) is 1.51. The first-order valence-electron chi connectivity index (χ1n) is 14.3. The zero-order chi connectivity index (χ0) is 24.6. The Hall–Kier alpha value is -1.27. The van der Waals surface area contributed by atoms with E-state index in [0.29, 0.717) is 11.8 Å². The van der Waals surface area contributed by atoms with E-state index >= 15 is 0 Å². The van der Waals surface area contributed by atoms with Crippen LogP contribution in [0.2, 0.25) is 0 Å². The number of anilines is 1. The second-order valence-corrected chi connectivity index (χ2v) is 11.9. The molecule has 2 atom stereocenters. The Kier molecular flexibility index (Phi) is 7.69. The number of hydrogen-bond acceptors (Lipinski definition) is 3. The Balaban J connectivity index is 1.18. The fraction of sp³-hybridized carbons (Fsp3) is 0.793. The number of nitrogens with zero attached hydrogens (tertiary/aromatic N) is 3. The molecule has 0 N–H and O–H groups in total. The highest BCUT2D eigenvalue weighted by Gasteiger charge is 2.58. The Bertz CT molecular complexity index is 828. The molecule has 4 fully saturated rings. The van der Waals surface area contributed by atoms with Gasteiger partial charge in [-0.1, -0.05) is 39.2 Å². The molecule has 0 radical (unpaired) electrons. The van der Waals surface area contributed by atoms with E-state index in [1.807, 2.05) is 0 Å². The molecule has 3 saturated heterocycles. The largest absolute Gasteiger partial charge is 0.416 e. The summed E-state index contributed by atoms with van der Waals surface area (Å²) in [6.45, 7) is 12.3. The van der Waals surface area contributed by atoms with Gasteiger partial charge in [0, 0.05) is 37.9 Å². The molecule has 3 aliphatic heterocycles. The maximum atomic E-state index is 13.5. The molecule has 0 spiro atoms. The van der Waals surface area contributed by atoms with Crippen LogP contribution < -0.4 is 4.90 Å². The van der Waals surface area contributed by atoms with Gasteiger partial charge in [-0.2, -0.15) is 13.2 Å². The number of piperidine rings is 3. The van der Waals surface area contributed by atoms with Gasteiger partial charge in [0.05, 0.1) is 5.56 Å². The summed E-state index contributed by atoms with van der Waals surface area (Å²) < 4.78 is 40.6. The van der Waals surface area contributed by atoms with Gasteiger partial charge in [0.2, 0.25) is 0 Å². The van der Waals surface area contributed by atoms with Crippen LogP contribution in [0.15, 0.2) is 18.2 Å². The Morgan fingerprint density at radius 2 is 1.57 bits per heavy atom. The second kappa shape index (κ2) is 10.6. The molecule has 0 aromatic heterocycles. The van der Waals surface area contributed by atoms with Crippen molar-refractivity contribution in [2.75, 3.05) is 50.7 Å². The van der Waals surface area contributed by atoms with Gasteiger partial charge in [-0.05, 0) is 93.1 Å². The van der Waals surface area contributed by atoms with Crippen LogP contribution in [0.25, 0.3) is 0 Å². The maximum Gasteiger partial charge on any atom is 0.416 e. The summed E-state index contributed by atoms with van der Waals surface area (Å²) in [4.78, 5) is 7.63. The molecule has 1 aliphatic carbocycles. The van der Waals surface area contributed by atoms with E-state index in [4.69, 9.17) is 0 Å². The molecule has 4 aliphatic rings. The highest BCUT2D eigenvalue weighted by atomic mass is 19.4. The third-order valence-corrected chi connectivity index (χ3v) is 9.43. The maximum absolute atomic E-state index is 13.5. The molecular weight excluding hydrogens is 447 g/mol. The van der Waals surface area contributed by atoms with Gasteiger partial charge < -0.3 is 9.80 Å². The minimum absolute atomic E-state index is 0.372. The number of alkyl halides is 3. The van der Waals surface area contributed by atoms with Crippen molar-refractivity contribution < 1.29 is 13.2 Å². The molecule has 196 valence electrons. The predicted molar refractivity (Wildman–Crippen MR) is 137 cm³/mol. The topological polar surface area (TPSA) is 9.72 Å². The van der Waals surface area contributed by atoms with Crippen molar-refractivity contribution >= 4 is 5.69 Å². The highest BCUT2D eigenvalue weighted by Crippen LogP contribution is 2.50. The van der Waals surface area contributed by atoms with E-state index in [1.165, 1.54) is 57.5 Å². The molecule has 1 saturated carbocycles. The third kappa shape index (κ3) is 5.69. The van der Waals surface area contributed by atoms with Gasteiger partial charge in [0.25, 0.3) is 0 Å². The van der Waals surface area contributed by atoms with Gasteiger partial charge in [-0.25, -0.2) is 0 Å². The van der Waals surface area contributed by atoms with Gasteiger partial charge in [-0.15, -0.1) is 0 Å². The number of unbranched alkanes of at least 4 members (excludes halogenated alkanes) is 3. The lowest BCUT2D eigenvalue weighted by Gasteiger charge is -2.38. The van der Waals surface area contributed by atoms with Crippen molar-refractivity contribution in [2.24, 2.45) is 17.8 Å². The molecule has 3 nitrogen and oxygen atoms in total. The van der Waals surface area contributed by atoms with Crippen molar-refractivity contribution in [3.05, 3.63) is 29.3 Å². The molecule has 6 heteroatoms. The number of halogens is 3. The number of likely N-dealkylation sites (tertiary alicyclic amines) is 2. The van der Waals surface area contributed by atoms with E-state index in [-0.39, 0.29) is 0 Å². The number of fused-ring (bicyclic) bond motifs is 1. The standard InChI is InChI=1S/C29H44F3N3/c1-3-4-5-6-13-33-19-25-26(20-33)28(25)35-16-11-22(12-17-35)24-8-7-23(29(30,31)32)18-27(24)34-14-9-21(2)10-15-34/h7-8,18,21-22,25-26,28H,3-6,9-17,19-20H2,1-2H3. The molecular formula is C29H44F3N3. The smallest absolute Gasteiger partial charge is 0.371 e. The summed E-state index contributed by atoms with van der Waals surface area (Å²) >= 11 is 0. The predicted octanol–water partition coefficient (Wildman–Crippen LogP) is 6.63. The van der Waals surface area contributed by atoms with Gasteiger partial charge in [0.15, 0.2) is 0 Å². The van der Waals surface area contributed by atoms with Gasteiger partial charge >= 0.3 is 6.18 Å². The molecule has 1 aromatic rings. The SMILES string of the molecule is CCCCCCN1CC2C(C1)C2N1CCC(c2ccc(C(F)(F)F)cc2N2CCC(C)CC2)CC1. The average molecular weight is 492 g/mol. The summed E-state index contributed by atoms with van der Waals surface area (Å²) in [5.74, 6) is 2.75. The summed E-state index contributed by atoms with van der Waals surface area (Å²) in [6, 6.07) is 5.33. The van der Waals surface area contributed by atoms with Gasteiger partial charge in [0.1, 0.15) is 0 Å². The quantitative estimate of drug-likeness (QED) is 0.378. The average Bonchev–Trinajstić information content (AvgIpc) is 3.35. The first-order valence-corrected chi connectivity index (χ1v) is 14.3. The van der Waals surface area contributed by atoms with Crippen LogP contribution in [0, 0.1) is 17.8 Å². The normalized spacial score (nSPS) is 29.1. The third-order valence-electron chi connectivity index (χ3n) is 9.43. The van der Waals surface area contributed by atoms with Crippen molar-refractivity contribution in [1.29, 1.82) is 0 Å². The molecule has 5 rings (SSSR count).